The fourth-order valence-electron chi connectivity index (χ4n) is 2.78. The summed E-state index contributed by atoms with van der Waals surface area (Å²) >= 11 is 0. The minimum absolute atomic E-state index is 0.0701. The molecule has 1 aromatic carbocycles. The van der Waals surface area contributed by atoms with E-state index in [0.717, 1.165) is 19.4 Å². The van der Waals surface area contributed by atoms with Crippen LogP contribution in [0.2, 0.25) is 0 Å². The summed E-state index contributed by atoms with van der Waals surface area (Å²) in [6.07, 6.45) is 3.79. The van der Waals surface area contributed by atoms with Gasteiger partial charge < -0.3 is 19.5 Å². The van der Waals surface area contributed by atoms with Crippen molar-refractivity contribution in [3.63, 3.8) is 0 Å². The van der Waals surface area contributed by atoms with Gasteiger partial charge in [-0.05, 0) is 37.1 Å². The molecule has 1 fully saturated rings. The topological polar surface area (TPSA) is 98.8 Å². The molecular formula is C18H23N3O5S. The Morgan fingerprint density at radius 1 is 1.19 bits per heavy atom. The molecule has 0 saturated carbocycles. The van der Waals surface area contributed by atoms with Gasteiger partial charge >= 0.3 is 0 Å². The molecule has 8 nitrogen and oxygen atoms in total. The molecule has 2 aromatic rings. The van der Waals surface area contributed by atoms with Gasteiger partial charge in [0, 0.05) is 19.2 Å². The van der Waals surface area contributed by atoms with Crippen LogP contribution in [0.5, 0.6) is 11.5 Å². The van der Waals surface area contributed by atoms with E-state index in [9.17, 15) is 8.42 Å². The monoisotopic (exact) mass is 393 g/mol. The standard InChI is InChI=1S/C18H23N3O5S/c1-24-16-7-6-15(10-17(16)25-2)27(22,23)21-13-5-8-18(19-11-13)20-12-14-4-3-9-26-14/h5-8,10-11,14,21H,3-4,9,12H2,1-2H3,(H,19,20). The van der Waals surface area contributed by atoms with Crippen LogP contribution in [0, 0.1) is 0 Å². The summed E-state index contributed by atoms with van der Waals surface area (Å²) in [6, 6.07) is 7.79. The molecule has 2 N–H and O–H groups in total. The first-order valence-corrected chi connectivity index (χ1v) is 10.1. The van der Waals surface area contributed by atoms with Crippen LogP contribution in [-0.4, -0.2) is 46.9 Å². The summed E-state index contributed by atoms with van der Waals surface area (Å²) < 4.78 is 43.5. The average molecular weight is 393 g/mol. The summed E-state index contributed by atoms with van der Waals surface area (Å²) in [6.45, 7) is 1.49. The number of aromatic nitrogens is 1. The van der Waals surface area contributed by atoms with E-state index in [0.29, 0.717) is 29.5 Å². The maximum absolute atomic E-state index is 12.6. The number of hydrogen-bond acceptors (Lipinski definition) is 7. The minimum atomic E-state index is -3.78. The van der Waals surface area contributed by atoms with Crippen molar-refractivity contribution in [2.75, 3.05) is 37.4 Å². The van der Waals surface area contributed by atoms with Gasteiger partial charge in [-0.3, -0.25) is 4.72 Å². The lowest BCUT2D eigenvalue weighted by Gasteiger charge is -2.13. The predicted octanol–water partition coefficient (Wildman–Crippen LogP) is 2.49. The lowest BCUT2D eigenvalue weighted by molar-refractivity contribution is 0.120. The van der Waals surface area contributed by atoms with Crippen molar-refractivity contribution < 1.29 is 22.6 Å². The molecule has 9 heteroatoms. The number of benzene rings is 1. The molecule has 1 unspecified atom stereocenters. The predicted molar refractivity (Wildman–Crippen MR) is 102 cm³/mol. The zero-order valence-corrected chi connectivity index (χ0v) is 16.1. The van der Waals surface area contributed by atoms with Gasteiger partial charge in [0.15, 0.2) is 11.5 Å². The number of hydrogen-bond donors (Lipinski definition) is 2. The third-order valence-corrected chi connectivity index (χ3v) is 5.59. The Balaban J connectivity index is 1.66. The number of pyridine rings is 1. The van der Waals surface area contributed by atoms with E-state index in [1.165, 1.54) is 32.5 Å². The van der Waals surface area contributed by atoms with E-state index in [2.05, 4.69) is 15.0 Å². The van der Waals surface area contributed by atoms with Crippen molar-refractivity contribution in [1.29, 1.82) is 0 Å². The number of methoxy groups -OCH3 is 2. The number of ether oxygens (including phenoxy) is 3. The number of nitrogens with zero attached hydrogens (tertiary/aromatic N) is 1. The molecule has 0 amide bonds. The van der Waals surface area contributed by atoms with Gasteiger partial charge in [0.1, 0.15) is 5.82 Å². The van der Waals surface area contributed by atoms with Crippen LogP contribution in [0.15, 0.2) is 41.4 Å². The smallest absolute Gasteiger partial charge is 0.262 e. The second-order valence-electron chi connectivity index (χ2n) is 6.07. The molecule has 1 aliphatic heterocycles. The van der Waals surface area contributed by atoms with Crippen LogP contribution in [0.4, 0.5) is 11.5 Å². The molecule has 3 rings (SSSR count). The normalized spacial score (nSPS) is 16.7. The van der Waals surface area contributed by atoms with Crippen LogP contribution < -0.4 is 19.5 Å². The number of anilines is 2. The van der Waals surface area contributed by atoms with Crippen molar-refractivity contribution in [1.82, 2.24) is 4.98 Å². The molecule has 2 heterocycles. The highest BCUT2D eigenvalue weighted by Crippen LogP contribution is 2.30. The van der Waals surface area contributed by atoms with Crippen molar-refractivity contribution in [2.24, 2.45) is 0 Å². The van der Waals surface area contributed by atoms with Crippen molar-refractivity contribution in [3.05, 3.63) is 36.5 Å². The Bertz CT molecular complexity index is 865. The summed E-state index contributed by atoms with van der Waals surface area (Å²) in [5, 5.41) is 3.19. The van der Waals surface area contributed by atoms with E-state index < -0.39 is 10.0 Å². The van der Waals surface area contributed by atoms with E-state index in [-0.39, 0.29) is 11.0 Å². The van der Waals surface area contributed by atoms with Crippen LogP contribution >= 0.6 is 0 Å². The van der Waals surface area contributed by atoms with Crippen molar-refractivity contribution >= 4 is 21.5 Å². The Morgan fingerprint density at radius 2 is 2.00 bits per heavy atom. The minimum Gasteiger partial charge on any atom is -0.493 e. The first-order valence-electron chi connectivity index (χ1n) is 8.58. The zero-order valence-electron chi connectivity index (χ0n) is 15.3. The Labute approximate surface area is 158 Å². The van der Waals surface area contributed by atoms with Crippen molar-refractivity contribution in [2.45, 2.75) is 23.8 Å². The number of rotatable bonds is 8. The zero-order chi connectivity index (χ0) is 19.3. The molecule has 1 atom stereocenters. The average Bonchev–Trinajstić information content (AvgIpc) is 3.20. The maximum atomic E-state index is 12.6. The Morgan fingerprint density at radius 3 is 2.63 bits per heavy atom. The van der Waals surface area contributed by atoms with Crippen LogP contribution in [0.3, 0.4) is 0 Å². The van der Waals surface area contributed by atoms with Gasteiger partial charge in [-0.25, -0.2) is 13.4 Å². The Hall–Kier alpha value is -2.52. The number of sulfonamides is 1. The molecule has 0 bridgehead atoms. The van der Waals surface area contributed by atoms with Gasteiger partial charge in [-0.2, -0.15) is 0 Å². The van der Waals surface area contributed by atoms with E-state index in [1.54, 1.807) is 18.2 Å². The van der Waals surface area contributed by atoms with Crippen LogP contribution in [-0.2, 0) is 14.8 Å². The molecule has 1 aromatic heterocycles. The molecule has 0 spiro atoms. The lowest BCUT2D eigenvalue weighted by atomic mass is 10.2. The second-order valence-corrected chi connectivity index (χ2v) is 7.75. The highest BCUT2D eigenvalue weighted by molar-refractivity contribution is 7.92. The van der Waals surface area contributed by atoms with E-state index >= 15 is 0 Å². The molecular weight excluding hydrogens is 370 g/mol. The summed E-state index contributed by atoms with van der Waals surface area (Å²) in [5.74, 6) is 1.46. The molecule has 0 aliphatic carbocycles. The SMILES string of the molecule is COc1ccc(S(=O)(=O)Nc2ccc(NCC3CCCO3)nc2)cc1OC. The largest absolute Gasteiger partial charge is 0.493 e. The van der Waals surface area contributed by atoms with Crippen LogP contribution in [0.1, 0.15) is 12.8 Å². The third kappa shape index (κ3) is 4.81. The highest BCUT2D eigenvalue weighted by Gasteiger charge is 2.18. The first-order chi connectivity index (χ1) is 13.0. The van der Waals surface area contributed by atoms with Gasteiger partial charge in [0.25, 0.3) is 10.0 Å². The molecule has 1 saturated heterocycles. The second kappa shape index (κ2) is 8.45. The fraction of sp³-hybridized carbons (Fsp3) is 0.389. The summed E-state index contributed by atoms with van der Waals surface area (Å²) in [5.41, 5.74) is 0.368. The summed E-state index contributed by atoms with van der Waals surface area (Å²) in [4.78, 5) is 4.31. The maximum Gasteiger partial charge on any atom is 0.262 e. The first kappa shape index (κ1) is 19.2. The van der Waals surface area contributed by atoms with Gasteiger partial charge in [0.2, 0.25) is 0 Å². The van der Waals surface area contributed by atoms with Gasteiger partial charge in [-0.1, -0.05) is 0 Å². The van der Waals surface area contributed by atoms with Crippen molar-refractivity contribution in [3.8, 4) is 11.5 Å². The molecule has 146 valence electrons. The molecule has 27 heavy (non-hydrogen) atoms. The molecule has 1 aliphatic rings. The Kier molecular flexibility index (Phi) is 6.02. The molecule has 0 radical (unpaired) electrons. The van der Waals surface area contributed by atoms with Crippen LogP contribution in [0.25, 0.3) is 0 Å². The summed E-state index contributed by atoms with van der Waals surface area (Å²) in [7, 11) is -0.832. The third-order valence-electron chi connectivity index (χ3n) is 4.22. The number of nitrogens with one attached hydrogen (secondary N) is 2. The van der Waals surface area contributed by atoms with Gasteiger partial charge in [-0.15, -0.1) is 0 Å². The quantitative estimate of drug-likeness (QED) is 0.711. The van der Waals surface area contributed by atoms with E-state index in [4.69, 9.17) is 14.2 Å². The lowest BCUT2D eigenvalue weighted by Crippen LogP contribution is -2.19. The fourth-order valence-corrected chi connectivity index (χ4v) is 3.84. The van der Waals surface area contributed by atoms with Gasteiger partial charge in [0.05, 0.1) is 37.1 Å². The highest BCUT2D eigenvalue weighted by atomic mass is 32.2. The van der Waals surface area contributed by atoms with E-state index in [1.807, 2.05) is 0 Å².